The van der Waals surface area contributed by atoms with Gasteiger partial charge in [-0.15, -0.1) is 0 Å². The molecule has 2 aromatic carbocycles. The predicted octanol–water partition coefficient (Wildman–Crippen LogP) is 5.09. The fraction of sp³-hybridized carbons (Fsp3) is 0.261. The van der Waals surface area contributed by atoms with Crippen molar-refractivity contribution >= 4 is 23.2 Å². The van der Waals surface area contributed by atoms with Crippen molar-refractivity contribution in [1.29, 1.82) is 0 Å². The summed E-state index contributed by atoms with van der Waals surface area (Å²) in [7, 11) is 1.61. The molecule has 0 fully saturated rings. The van der Waals surface area contributed by atoms with Gasteiger partial charge in [0.15, 0.2) is 0 Å². The van der Waals surface area contributed by atoms with Gasteiger partial charge >= 0.3 is 0 Å². The Morgan fingerprint density at radius 2 is 1.66 bits per heavy atom. The summed E-state index contributed by atoms with van der Waals surface area (Å²) in [5.41, 5.74) is 4.24. The molecule has 1 aromatic heterocycles. The largest absolute Gasteiger partial charge is 0.495 e. The van der Waals surface area contributed by atoms with Crippen LogP contribution < -0.4 is 15.4 Å². The van der Waals surface area contributed by atoms with Gasteiger partial charge in [0.2, 0.25) is 5.95 Å². The number of anilines is 3. The summed E-state index contributed by atoms with van der Waals surface area (Å²) in [6.45, 7) is 8.45. The maximum Gasteiger partial charge on any atom is 0.258 e. The Hall–Kier alpha value is -3.41. The van der Waals surface area contributed by atoms with Crippen LogP contribution in [0.3, 0.4) is 0 Å². The van der Waals surface area contributed by atoms with E-state index in [2.05, 4.69) is 41.4 Å². The lowest BCUT2D eigenvalue weighted by Gasteiger charge is -2.19. The summed E-state index contributed by atoms with van der Waals surface area (Å²) in [4.78, 5) is 21.0. The lowest BCUT2D eigenvalue weighted by molar-refractivity contribution is 0.102. The number of rotatable bonds is 5. The van der Waals surface area contributed by atoms with Crippen LogP contribution in [0.5, 0.6) is 5.75 Å². The Morgan fingerprint density at radius 1 is 1.00 bits per heavy atom. The third kappa shape index (κ3) is 5.10. The van der Waals surface area contributed by atoms with E-state index in [0.29, 0.717) is 17.3 Å². The number of carbonyl (C=O) groups excluding carboxylic acids is 1. The highest BCUT2D eigenvalue weighted by Gasteiger charge is 2.14. The summed E-state index contributed by atoms with van der Waals surface area (Å²) >= 11 is 0. The van der Waals surface area contributed by atoms with Crippen molar-refractivity contribution in [3.63, 3.8) is 0 Å². The van der Waals surface area contributed by atoms with Gasteiger partial charge in [0.05, 0.1) is 18.4 Å². The molecule has 0 saturated heterocycles. The van der Waals surface area contributed by atoms with E-state index in [0.717, 1.165) is 16.9 Å². The Bertz CT molecular complexity index is 991. The summed E-state index contributed by atoms with van der Waals surface area (Å²) in [5, 5.41) is 5.99. The van der Waals surface area contributed by atoms with Gasteiger partial charge in [0.25, 0.3) is 5.91 Å². The van der Waals surface area contributed by atoms with Gasteiger partial charge in [-0.2, -0.15) is 0 Å². The molecule has 29 heavy (non-hydrogen) atoms. The van der Waals surface area contributed by atoms with Crippen LogP contribution in [-0.4, -0.2) is 23.0 Å². The van der Waals surface area contributed by atoms with E-state index >= 15 is 0 Å². The maximum atomic E-state index is 12.5. The lowest BCUT2D eigenvalue weighted by Crippen LogP contribution is -2.14. The first-order chi connectivity index (χ1) is 13.8. The molecule has 6 heteroatoms. The predicted molar refractivity (Wildman–Crippen MR) is 116 cm³/mol. The average Bonchev–Trinajstić information content (AvgIpc) is 2.68. The molecule has 0 aliphatic heterocycles. The zero-order valence-corrected chi connectivity index (χ0v) is 17.4. The minimum Gasteiger partial charge on any atom is -0.495 e. The number of methoxy groups -OCH3 is 1. The quantitative estimate of drug-likeness (QED) is 0.635. The van der Waals surface area contributed by atoms with E-state index in [9.17, 15) is 4.79 Å². The highest BCUT2D eigenvalue weighted by atomic mass is 16.5. The average molecular weight is 390 g/mol. The number of hydrogen-bond donors (Lipinski definition) is 2. The molecule has 0 aliphatic carbocycles. The van der Waals surface area contributed by atoms with Crippen LogP contribution in [0.4, 0.5) is 17.3 Å². The molecular weight excluding hydrogens is 364 g/mol. The van der Waals surface area contributed by atoms with Crippen LogP contribution >= 0.6 is 0 Å². The first-order valence-corrected chi connectivity index (χ1v) is 9.42. The Labute approximate surface area is 171 Å². The van der Waals surface area contributed by atoms with Crippen LogP contribution in [-0.2, 0) is 5.41 Å². The smallest absolute Gasteiger partial charge is 0.258 e. The molecule has 0 saturated carbocycles. The summed E-state index contributed by atoms with van der Waals surface area (Å²) < 4.78 is 5.35. The third-order valence-electron chi connectivity index (χ3n) is 4.52. The van der Waals surface area contributed by atoms with Crippen LogP contribution in [0.25, 0.3) is 0 Å². The van der Waals surface area contributed by atoms with Crippen molar-refractivity contribution in [1.82, 2.24) is 9.97 Å². The van der Waals surface area contributed by atoms with Gasteiger partial charge in [-0.05, 0) is 47.7 Å². The van der Waals surface area contributed by atoms with E-state index < -0.39 is 0 Å². The Kier molecular flexibility index (Phi) is 5.82. The normalized spacial score (nSPS) is 11.1. The van der Waals surface area contributed by atoms with Crippen LogP contribution in [0.15, 0.2) is 54.9 Å². The summed E-state index contributed by atoms with van der Waals surface area (Å²) in [6, 6.07) is 13.6. The van der Waals surface area contributed by atoms with Crippen molar-refractivity contribution in [3.8, 4) is 5.75 Å². The van der Waals surface area contributed by atoms with Crippen LogP contribution in [0, 0.1) is 6.92 Å². The molecule has 0 bridgehead atoms. The Balaban J connectivity index is 1.68. The summed E-state index contributed by atoms with van der Waals surface area (Å²) in [5.74, 6) is 0.827. The fourth-order valence-electron chi connectivity index (χ4n) is 2.81. The number of benzene rings is 2. The molecule has 6 nitrogen and oxygen atoms in total. The molecule has 0 aliphatic rings. The van der Waals surface area contributed by atoms with Gasteiger partial charge in [0, 0.05) is 18.1 Å². The monoisotopic (exact) mass is 390 g/mol. The van der Waals surface area contributed by atoms with Gasteiger partial charge in [-0.25, -0.2) is 9.97 Å². The molecule has 1 amide bonds. The molecular formula is C23H26N4O2. The van der Waals surface area contributed by atoms with Crippen molar-refractivity contribution in [2.75, 3.05) is 17.7 Å². The molecule has 2 N–H and O–H groups in total. The first kappa shape index (κ1) is 20.3. The van der Waals surface area contributed by atoms with Crippen LogP contribution in [0.2, 0.25) is 0 Å². The standard InChI is InChI=1S/C23H26N4O2/c1-15-6-11-20(29-5)19(12-15)27-22-24-13-16(14-25-22)21(28)26-18-9-7-17(8-10-18)23(2,3)4/h6-14H,1-5H3,(H,26,28)(H,24,25,27). The molecule has 150 valence electrons. The van der Waals surface area contributed by atoms with Gasteiger partial charge in [-0.1, -0.05) is 39.0 Å². The van der Waals surface area contributed by atoms with E-state index in [1.807, 2.05) is 49.4 Å². The molecule has 1 heterocycles. The number of aryl methyl sites for hydroxylation is 1. The molecule has 0 spiro atoms. The topological polar surface area (TPSA) is 76.1 Å². The van der Waals surface area contributed by atoms with E-state index in [-0.39, 0.29) is 11.3 Å². The number of ether oxygens (including phenoxy) is 1. The van der Waals surface area contributed by atoms with Gasteiger partial charge < -0.3 is 15.4 Å². The van der Waals surface area contributed by atoms with E-state index in [1.165, 1.54) is 18.0 Å². The number of nitrogens with zero attached hydrogens (tertiary/aromatic N) is 2. The van der Waals surface area contributed by atoms with Crippen LogP contribution in [0.1, 0.15) is 42.3 Å². The van der Waals surface area contributed by atoms with Crippen molar-refractivity contribution < 1.29 is 9.53 Å². The number of amides is 1. The molecule has 3 rings (SSSR count). The highest BCUT2D eigenvalue weighted by Crippen LogP contribution is 2.27. The molecule has 0 unspecified atom stereocenters. The van der Waals surface area contributed by atoms with E-state index in [4.69, 9.17) is 4.74 Å². The van der Waals surface area contributed by atoms with E-state index in [1.54, 1.807) is 7.11 Å². The number of nitrogens with one attached hydrogen (secondary N) is 2. The van der Waals surface area contributed by atoms with Crippen molar-refractivity contribution in [3.05, 3.63) is 71.5 Å². The lowest BCUT2D eigenvalue weighted by atomic mass is 9.87. The molecule has 0 atom stereocenters. The zero-order valence-electron chi connectivity index (χ0n) is 17.4. The summed E-state index contributed by atoms with van der Waals surface area (Å²) in [6.07, 6.45) is 2.99. The van der Waals surface area contributed by atoms with Gasteiger partial charge in [0.1, 0.15) is 5.75 Å². The second-order valence-corrected chi connectivity index (χ2v) is 7.91. The van der Waals surface area contributed by atoms with Crippen molar-refractivity contribution in [2.45, 2.75) is 33.1 Å². The fourth-order valence-corrected chi connectivity index (χ4v) is 2.81. The first-order valence-electron chi connectivity index (χ1n) is 9.42. The maximum absolute atomic E-state index is 12.5. The second kappa shape index (κ2) is 8.31. The second-order valence-electron chi connectivity index (χ2n) is 7.91. The molecule has 0 radical (unpaired) electrons. The van der Waals surface area contributed by atoms with Crippen molar-refractivity contribution in [2.24, 2.45) is 0 Å². The number of carbonyl (C=O) groups is 1. The third-order valence-corrected chi connectivity index (χ3v) is 4.52. The number of aromatic nitrogens is 2. The highest BCUT2D eigenvalue weighted by molar-refractivity contribution is 6.03. The minimum atomic E-state index is -0.256. The molecule has 3 aromatic rings. The SMILES string of the molecule is COc1ccc(C)cc1Nc1ncc(C(=O)Nc2ccc(C(C)(C)C)cc2)cn1. The number of hydrogen-bond acceptors (Lipinski definition) is 5. The zero-order chi connectivity index (χ0) is 21.0. The minimum absolute atomic E-state index is 0.0686. The van der Waals surface area contributed by atoms with Gasteiger partial charge in [-0.3, -0.25) is 4.79 Å². The Morgan fingerprint density at radius 3 is 2.24 bits per heavy atom.